The van der Waals surface area contributed by atoms with Crippen molar-refractivity contribution in [2.75, 3.05) is 6.61 Å². The Kier molecular flexibility index (Phi) is 3.03. The summed E-state index contributed by atoms with van der Waals surface area (Å²) < 4.78 is 7.29. The third kappa shape index (κ3) is 1.64. The maximum atomic E-state index is 11.9. The van der Waals surface area contributed by atoms with Crippen LogP contribution >= 0.6 is 0 Å². The van der Waals surface area contributed by atoms with Gasteiger partial charge in [0.1, 0.15) is 0 Å². The molecule has 1 aliphatic rings. The van der Waals surface area contributed by atoms with Crippen molar-refractivity contribution in [1.29, 1.82) is 0 Å². The number of carbonyl (C=O) groups excluding carboxylic acids is 1. The van der Waals surface area contributed by atoms with Gasteiger partial charge >= 0.3 is 5.97 Å². The van der Waals surface area contributed by atoms with Crippen molar-refractivity contribution < 1.29 is 9.53 Å². The Morgan fingerprint density at radius 3 is 2.75 bits per heavy atom. The second-order valence-corrected chi connectivity index (χ2v) is 4.37. The maximum absolute atomic E-state index is 11.9. The van der Waals surface area contributed by atoms with Gasteiger partial charge in [-0.3, -0.25) is 0 Å². The molecule has 0 unspecified atom stereocenters. The molecule has 0 amide bonds. The van der Waals surface area contributed by atoms with Crippen LogP contribution in [0.3, 0.4) is 0 Å². The Morgan fingerprint density at radius 1 is 1.38 bits per heavy atom. The molecule has 0 saturated heterocycles. The summed E-state index contributed by atoms with van der Waals surface area (Å²) in [7, 11) is 2.04. The van der Waals surface area contributed by atoms with E-state index in [1.54, 1.807) is 0 Å². The number of rotatable bonds is 2. The van der Waals surface area contributed by atoms with Gasteiger partial charge in [0.15, 0.2) is 0 Å². The van der Waals surface area contributed by atoms with E-state index in [0.29, 0.717) is 6.61 Å². The minimum Gasteiger partial charge on any atom is -0.462 e. The van der Waals surface area contributed by atoms with E-state index in [-0.39, 0.29) is 5.97 Å². The molecule has 0 bridgehead atoms. The lowest BCUT2D eigenvalue weighted by molar-refractivity contribution is 0.0524. The molecule has 0 aliphatic heterocycles. The molecule has 0 saturated carbocycles. The zero-order chi connectivity index (χ0) is 11.7. The summed E-state index contributed by atoms with van der Waals surface area (Å²) in [6.07, 6.45) is 4.52. The predicted octanol–water partition coefficient (Wildman–Crippen LogP) is 2.39. The second-order valence-electron chi connectivity index (χ2n) is 4.37. The Bertz CT molecular complexity index is 418. The van der Waals surface area contributed by atoms with Crippen molar-refractivity contribution in [2.45, 2.75) is 39.5 Å². The van der Waals surface area contributed by atoms with Crippen LogP contribution in [0.5, 0.6) is 0 Å². The van der Waals surface area contributed by atoms with Crippen LogP contribution in [0.1, 0.15) is 47.1 Å². The molecular formula is C13H19NO2. The minimum absolute atomic E-state index is 0.154. The fourth-order valence-corrected chi connectivity index (χ4v) is 2.59. The Balaban J connectivity index is 2.48. The molecule has 1 aromatic rings. The van der Waals surface area contributed by atoms with Crippen LogP contribution in [0.15, 0.2) is 0 Å². The summed E-state index contributed by atoms with van der Waals surface area (Å²) in [5.74, 6) is -0.154. The lowest BCUT2D eigenvalue weighted by atomic mass is 9.94. The van der Waals surface area contributed by atoms with Crippen molar-refractivity contribution in [3.8, 4) is 0 Å². The van der Waals surface area contributed by atoms with Gasteiger partial charge in [0.05, 0.1) is 12.2 Å². The number of carbonyl (C=O) groups is 1. The average molecular weight is 221 g/mol. The average Bonchev–Trinajstić information content (AvgIpc) is 2.53. The monoisotopic (exact) mass is 221 g/mol. The standard InChI is InChI=1S/C13H19NO2/c1-4-16-13(15)12-9(2)14(3)11-8-6-5-7-10(11)12/h4-8H2,1-3H3. The smallest absolute Gasteiger partial charge is 0.340 e. The van der Waals surface area contributed by atoms with Gasteiger partial charge in [0, 0.05) is 18.4 Å². The number of hydrogen-bond donors (Lipinski definition) is 0. The normalized spacial score (nSPS) is 14.7. The van der Waals surface area contributed by atoms with Gasteiger partial charge in [0.25, 0.3) is 0 Å². The van der Waals surface area contributed by atoms with Gasteiger partial charge < -0.3 is 9.30 Å². The van der Waals surface area contributed by atoms with Crippen LogP contribution in [-0.4, -0.2) is 17.1 Å². The quantitative estimate of drug-likeness (QED) is 0.718. The first-order chi connectivity index (χ1) is 7.66. The zero-order valence-electron chi connectivity index (χ0n) is 10.3. The fourth-order valence-electron chi connectivity index (χ4n) is 2.59. The third-order valence-corrected chi connectivity index (χ3v) is 3.49. The number of esters is 1. The molecule has 1 aliphatic carbocycles. The predicted molar refractivity (Wildman–Crippen MR) is 62.7 cm³/mol. The molecule has 2 rings (SSSR count). The highest BCUT2D eigenvalue weighted by molar-refractivity contribution is 5.93. The van der Waals surface area contributed by atoms with E-state index in [9.17, 15) is 4.79 Å². The molecule has 88 valence electrons. The van der Waals surface area contributed by atoms with E-state index in [2.05, 4.69) is 4.57 Å². The van der Waals surface area contributed by atoms with Crippen LogP contribution in [-0.2, 0) is 24.6 Å². The number of ether oxygens (including phenoxy) is 1. The molecule has 0 aromatic carbocycles. The molecule has 0 atom stereocenters. The summed E-state index contributed by atoms with van der Waals surface area (Å²) in [5.41, 5.74) is 4.42. The topological polar surface area (TPSA) is 31.2 Å². The molecule has 16 heavy (non-hydrogen) atoms. The van der Waals surface area contributed by atoms with Gasteiger partial charge in [0.2, 0.25) is 0 Å². The molecule has 0 fully saturated rings. The molecule has 0 N–H and O–H groups in total. The third-order valence-electron chi connectivity index (χ3n) is 3.49. The molecule has 1 heterocycles. The van der Waals surface area contributed by atoms with Crippen LogP contribution < -0.4 is 0 Å². The molecule has 3 heteroatoms. The van der Waals surface area contributed by atoms with Gasteiger partial charge in [-0.15, -0.1) is 0 Å². The first kappa shape index (κ1) is 11.2. The lowest BCUT2D eigenvalue weighted by Crippen LogP contribution is -2.10. The zero-order valence-corrected chi connectivity index (χ0v) is 10.3. The highest BCUT2D eigenvalue weighted by Gasteiger charge is 2.25. The largest absolute Gasteiger partial charge is 0.462 e. The second kappa shape index (κ2) is 4.32. The number of hydrogen-bond acceptors (Lipinski definition) is 2. The van der Waals surface area contributed by atoms with Gasteiger partial charge in [-0.05, 0) is 45.1 Å². The van der Waals surface area contributed by atoms with E-state index >= 15 is 0 Å². The van der Waals surface area contributed by atoms with Crippen molar-refractivity contribution in [3.05, 3.63) is 22.5 Å². The van der Waals surface area contributed by atoms with Gasteiger partial charge in [-0.25, -0.2) is 4.79 Å². The van der Waals surface area contributed by atoms with E-state index in [0.717, 1.165) is 24.1 Å². The van der Waals surface area contributed by atoms with E-state index in [1.165, 1.54) is 24.1 Å². The summed E-state index contributed by atoms with van der Waals surface area (Å²) >= 11 is 0. The van der Waals surface area contributed by atoms with Crippen LogP contribution in [0.25, 0.3) is 0 Å². The highest BCUT2D eigenvalue weighted by atomic mass is 16.5. The molecule has 0 radical (unpaired) electrons. The van der Waals surface area contributed by atoms with Crippen molar-refractivity contribution in [3.63, 3.8) is 0 Å². The summed E-state index contributed by atoms with van der Waals surface area (Å²) in [6, 6.07) is 0. The maximum Gasteiger partial charge on any atom is 0.340 e. The molecule has 0 spiro atoms. The highest BCUT2D eigenvalue weighted by Crippen LogP contribution is 2.29. The van der Waals surface area contributed by atoms with Crippen LogP contribution in [0.4, 0.5) is 0 Å². The van der Waals surface area contributed by atoms with Gasteiger partial charge in [-0.2, -0.15) is 0 Å². The number of fused-ring (bicyclic) bond motifs is 1. The van der Waals surface area contributed by atoms with E-state index in [4.69, 9.17) is 4.74 Å². The first-order valence-electron chi connectivity index (χ1n) is 6.01. The van der Waals surface area contributed by atoms with Crippen molar-refractivity contribution >= 4 is 5.97 Å². The summed E-state index contributed by atoms with van der Waals surface area (Å²) in [4.78, 5) is 11.9. The SMILES string of the molecule is CCOC(=O)c1c2c(n(C)c1C)CCCC2. The molecule has 3 nitrogen and oxygen atoms in total. The minimum atomic E-state index is -0.154. The summed E-state index contributed by atoms with van der Waals surface area (Å²) in [5, 5.41) is 0. The first-order valence-corrected chi connectivity index (χ1v) is 6.01. The lowest BCUT2D eigenvalue weighted by Gasteiger charge is -2.13. The Labute approximate surface area is 96.4 Å². The van der Waals surface area contributed by atoms with Gasteiger partial charge in [-0.1, -0.05) is 0 Å². The Morgan fingerprint density at radius 2 is 2.06 bits per heavy atom. The number of aromatic nitrogens is 1. The van der Waals surface area contributed by atoms with Crippen molar-refractivity contribution in [2.24, 2.45) is 7.05 Å². The Hall–Kier alpha value is -1.25. The van der Waals surface area contributed by atoms with E-state index < -0.39 is 0 Å². The van der Waals surface area contributed by atoms with E-state index in [1.807, 2.05) is 20.9 Å². The summed E-state index contributed by atoms with van der Waals surface area (Å²) in [6.45, 7) is 4.30. The van der Waals surface area contributed by atoms with Crippen molar-refractivity contribution in [1.82, 2.24) is 4.57 Å². The molecule has 1 aromatic heterocycles. The number of nitrogens with zero attached hydrogens (tertiary/aromatic N) is 1. The molecular weight excluding hydrogens is 202 g/mol. The van der Waals surface area contributed by atoms with Crippen LogP contribution in [0.2, 0.25) is 0 Å². The fraction of sp³-hybridized carbons (Fsp3) is 0.615. The van der Waals surface area contributed by atoms with Crippen LogP contribution in [0, 0.1) is 6.92 Å².